The summed E-state index contributed by atoms with van der Waals surface area (Å²) < 4.78 is 7.03. The van der Waals surface area contributed by atoms with Crippen LogP contribution >= 0.6 is 27.7 Å². The number of carbonyl (C=O) groups is 1. The van der Waals surface area contributed by atoms with Crippen LogP contribution in [0.4, 0.5) is 0 Å². The lowest BCUT2D eigenvalue weighted by atomic mass is 9.80. The van der Waals surface area contributed by atoms with Crippen LogP contribution in [0.3, 0.4) is 0 Å². The molecule has 1 spiro atoms. The van der Waals surface area contributed by atoms with E-state index >= 15 is 0 Å². The van der Waals surface area contributed by atoms with Gasteiger partial charge in [0.25, 0.3) is 0 Å². The standard InChI is InChI=1S/C16H19BrO2S/c1-11-13(3-2-4-14(11)17)15(18)12-5-7-19-16(9-12)6-8-20-10-16/h2-4,12H,5-10H2,1H3. The first-order valence-electron chi connectivity index (χ1n) is 7.12. The van der Waals surface area contributed by atoms with Crippen LogP contribution in [-0.4, -0.2) is 29.5 Å². The summed E-state index contributed by atoms with van der Waals surface area (Å²) in [6.07, 6.45) is 2.85. The highest BCUT2D eigenvalue weighted by atomic mass is 79.9. The fourth-order valence-electron chi connectivity index (χ4n) is 3.21. The lowest BCUT2D eigenvalue weighted by Crippen LogP contribution is -2.42. The Balaban J connectivity index is 1.81. The fourth-order valence-corrected chi connectivity index (χ4v) is 4.95. The van der Waals surface area contributed by atoms with Crippen LogP contribution in [0.25, 0.3) is 0 Å². The zero-order chi connectivity index (χ0) is 14.2. The second-order valence-corrected chi connectivity index (χ2v) is 7.76. The molecule has 0 radical (unpaired) electrons. The highest BCUT2D eigenvalue weighted by Crippen LogP contribution is 2.41. The molecular weight excluding hydrogens is 336 g/mol. The number of halogens is 1. The highest BCUT2D eigenvalue weighted by Gasteiger charge is 2.42. The molecule has 2 unspecified atom stereocenters. The lowest BCUT2D eigenvalue weighted by Gasteiger charge is -2.37. The van der Waals surface area contributed by atoms with Crippen molar-refractivity contribution in [3.8, 4) is 0 Å². The van der Waals surface area contributed by atoms with E-state index in [1.165, 1.54) is 0 Å². The molecule has 20 heavy (non-hydrogen) atoms. The molecule has 2 aliphatic rings. The molecular formula is C16H19BrO2S. The normalized spacial score (nSPS) is 29.8. The molecule has 0 aromatic heterocycles. The molecule has 0 aliphatic carbocycles. The van der Waals surface area contributed by atoms with E-state index in [4.69, 9.17) is 4.74 Å². The van der Waals surface area contributed by atoms with Crippen molar-refractivity contribution in [3.05, 3.63) is 33.8 Å². The smallest absolute Gasteiger partial charge is 0.166 e. The molecule has 0 bridgehead atoms. The highest BCUT2D eigenvalue weighted by molar-refractivity contribution is 9.10. The van der Waals surface area contributed by atoms with Crippen molar-refractivity contribution in [1.82, 2.24) is 0 Å². The molecule has 1 aromatic carbocycles. The van der Waals surface area contributed by atoms with Crippen molar-refractivity contribution in [2.75, 3.05) is 18.1 Å². The molecule has 1 aromatic rings. The minimum absolute atomic E-state index is 0.0246. The predicted octanol–water partition coefficient (Wildman–Crippen LogP) is 4.24. The number of ether oxygens (including phenoxy) is 1. The first kappa shape index (κ1) is 14.6. The molecule has 0 N–H and O–H groups in total. The molecule has 2 aliphatic heterocycles. The Labute approximate surface area is 132 Å². The van der Waals surface area contributed by atoms with Crippen molar-refractivity contribution >= 4 is 33.5 Å². The minimum Gasteiger partial charge on any atom is -0.374 e. The lowest BCUT2D eigenvalue weighted by molar-refractivity contribution is -0.0734. The Bertz CT molecular complexity index is 523. The Kier molecular flexibility index (Phi) is 4.25. The van der Waals surface area contributed by atoms with Gasteiger partial charge in [0.2, 0.25) is 0 Å². The van der Waals surface area contributed by atoms with Crippen LogP contribution in [0.5, 0.6) is 0 Å². The number of ketones is 1. The summed E-state index contributed by atoms with van der Waals surface area (Å²) >= 11 is 5.47. The molecule has 3 rings (SSSR count). The van der Waals surface area contributed by atoms with Crippen LogP contribution < -0.4 is 0 Å². The Morgan fingerprint density at radius 1 is 1.50 bits per heavy atom. The summed E-state index contributed by atoms with van der Waals surface area (Å²) in [7, 11) is 0. The average Bonchev–Trinajstić information content (AvgIpc) is 2.89. The maximum Gasteiger partial charge on any atom is 0.166 e. The van der Waals surface area contributed by atoms with Gasteiger partial charge in [0.05, 0.1) is 5.60 Å². The van der Waals surface area contributed by atoms with Crippen LogP contribution in [0.2, 0.25) is 0 Å². The van der Waals surface area contributed by atoms with Crippen molar-refractivity contribution in [1.29, 1.82) is 0 Å². The topological polar surface area (TPSA) is 26.3 Å². The van der Waals surface area contributed by atoms with Crippen LogP contribution in [-0.2, 0) is 4.74 Å². The van der Waals surface area contributed by atoms with Crippen molar-refractivity contribution in [2.45, 2.75) is 31.8 Å². The molecule has 2 fully saturated rings. The predicted molar refractivity (Wildman–Crippen MR) is 86.6 cm³/mol. The number of hydrogen-bond acceptors (Lipinski definition) is 3. The molecule has 4 heteroatoms. The van der Waals surface area contributed by atoms with Gasteiger partial charge >= 0.3 is 0 Å². The number of thioether (sulfide) groups is 1. The summed E-state index contributed by atoms with van der Waals surface area (Å²) in [6.45, 7) is 2.74. The summed E-state index contributed by atoms with van der Waals surface area (Å²) in [6, 6.07) is 5.89. The number of hydrogen-bond donors (Lipinski definition) is 0. The van der Waals surface area contributed by atoms with Crippen molar-refractivity contribution < 1.29 is 9.53 Å². The molecule has 0 amide bonds. The van der Waals surface area contributed by atoms with Gasteiger partial charge < -0.3 is 4.74 Å². The first-order valence-corrected chi connectivity index (χ1v) is 9.07. The van der Waals surface area contributed by atoms with Gasteiger partial charge in [-0.25, -0.2) is 0 Å². The third-order valence-electron chi connectivity index (χ3n) is 4.46. The van der Waals surface area contributed by atoms with Gasteiger partial charge in [0.15, 0.2) is 5.78 Å². The zero-order valence-electron chi connectivity index (χ0n) is 11.7. The molecule has 2 nitrogen and oxygen atoms in total. The van der Waals surface area contributed by atoms with E-state index in [2.05, 4.69) is 15.9 Å². The molecule has 2 heterocycles. The number of Topliss-reactive ketones (excluding diaryl/α,β-unsaturated/α-hetero) is 1. The average molecular weight is 355 g/mol. The summed E-state index contributed by atoms with van der Waals surface area (Å²) in [5.41, 5.74) is 1.90. The van der Waals surface area contributed by atoms with Gasteiger partial charge in [-0.3, -0.25) is 4.79 Å². The minimum atomic E-state index is -0.0246. The molecule has 0 saturated carbocycles. The Hall–Kier alpha value is -0.320. The SMILES string of the molecule is Cc1c(Br)cccc1C(=O)C1CCOC2(CCSC2)C1. The van der Waals surface area contributed by atoms with E-state index in [1.54, 1.807) is 0 Å². The van der Waals surface area contributed by atoms with Crippen molar-refractivity contribution in [3.63, 3.8) is 0 Å². The van der Waals surface area contributed by atoms with E-state index in [0.29, 0.717) is 5.78 Å². The van der Waals surface area contributed by atoms with Gasteiger partial charge in [0.1, 0.15) is 0 Å². The molecule has 2 atom stereocenters. The summed E-state index contributed by atoms with van der Waals surface area (Å²) in [5, 5.41) is 0. The third-order valence-corrected chi connectivity index (χ3v) is 6.55. The quantitative estimate of drug-likeness (QED) is 0.743. The van der Waals surface area contributed by atoms with Crippen LogP contribution in [0, 0.1) is 12.8 Å². The van der Waals surface area contributed by atoms with E-state index in [1.807, 2.05) is 36.9 Å². The van der Waals surface area contributed by atoms with E-state index in [9.17, 15) is 4.79 Å². The second kappa shape index (κ2) is 5.82. The summed E-state index contributed by atoms with van der Waals surface area (Å²) in [4.78, 5) is 12.8. The fraction of sp³-hybridized carbons (Fsp3) is 0.562. The monoisotopic (exact) mass is 354 g/mol. The van der Waals surface area contributed by atoms with Crippen LogP contribution in [0.15, 0.2) is 22.7 Å². The maximum atomic E-state index is 12.8. The van der Waals surface area contributed by atoms with E-state index in [-0.39, 0.29) is 11.5 Å². The first-order chi connectivity index (χ1) is 9.61. The summed E-state index contributed by atoms with van der Waals surface area (Å²) in [5.74, 6) is 2.63. The van der Waals surface area contributed by atoms with Gasteiger partial charge in [-0.05, 0) is 43.6 Å². The van der Waals surface area contributed by atoms with Gasteiger partial charge in [-0.2, -0.15) is 11.8 Å². The van der Waals surface area contributed by atoms with E-state index < -0.39 is 0 Å². The molecule has 2 saturated heterocycles. The number of rotatable bonds is 2. The number of benzene rings is 1. The van der Waals surface area contributed by atoms with E-state index in [0.717, 1.165) is 53.0 Å². The number of carbonyl (C=O) groups excluding carboxylic acids is 1. The molecule has 108 valence electrons. The second-order valence-electron chi connectivity index (χ2n) is 5.80. The largest absolute Gasteiger partial charge is 0.374 e. The Morgan fingerprint density at radius 3 is 3.10 bits per heavy atom. The van der Waals surface area contributed by atoms with Crippen LogP contribution in [0.1, 0.15) is 35.2 Å². The Morgan fingerprint density at radius 2 is 2.35 bits per heavy atom. The van der Waals surface area contributed by atoms with Gasteiger partial charge in [-0.1, -0.05) is 28.1 Å². The maximum absolute atomic E-state index is 12.8. The van der Waals surface area contributed by atoms with Gasteiger partial charge in [-0.15, -0.1) is 0 Å². The zero-order valence-corrected chi connectivity index (χ0v) is 14.1. The van der Waals surface area contributed by atoms with Crippen molar-refractivity contribution in [2.24, 2.45) is 5.92 Å². The van der Waals surface area contributed by atoms with Gasteiger partial charge in [0, 0.05) is 28.3 Å². The third kappa shape index (κ3) is 2.70.